The van der Waals surface area contributed by atoms with Crippen molar-refractivity contribution in [3.8, 4) is 0 Å². The first-order chi connectivity index (χ1) is 15.2. The van der Waals surface area contributed by atoms with Crippen LogP contribution < -0.4 is 15.4 Å². The van der Waals surface area contributed by atoms with E-state index in [1.165, 1.54) is 18.2 Å². The van der Waals surface area contributed by atoms with E-state index in [4.69, 9.17) is 4.42 Å². The third-order valence-corrected chi connectivity index (χ3v) is 5.62. The Morgan fingerprint density at radius 3 is 2.53 bits per heavy atom. The Balaban J connectivity index is 1.68. The van der Waals surface area contributed by atoms with Gasteiger partial charge in [0.2, 0.25) is 11.8 Å². The molecular weight excluding hydrogens is 441 g/mol. The maximum Gasteiger partial charge on any atom is 0.300 e. The second-order valence-corrected chi connectivity index (χ2v) is 8.20. The molecule has 0 unspecified atom stereocenters. The SMILES string of the molecule is C=CC(=O)NCC(=O)NCc1ccc2cc(C(=O)NS(=O)(=O)c3ccccc3F)oc2c1. The first-order valence-corrected chi connectivity index (χ1v) is 10.7. The molecule has 0 aliphatic carbocycles. The van der Waals surface area contributed by atoms with Gasteiger partial charge in [0.25, 0.3) is 10.0 Å². The van der Waals surface area contributed by atoms with Crippen LogP contribution in [0.1, 0.15) is 16.1 Å². The van der Waals surface area contributed by atoms with Crippen LogP contribution in [-0.2, 0) is 26.2 Å². The number of halogens is 1. The van der Waals surface area contributed by atoms with Gasteiger partial charge in [-0.25, -0.2) is 17.5 Å². The molecule has 3 rings (SSSR count). The van der Waals surface area contributed by atoms with Crippen LogP contribution in [0.25, 0.3) is 11.0 Å². The summed E-state index contributed by atoms with van der Waals surface area (Å²) < 4.78 is 45.6. The van der Waals surface area contributed by atoms with Gasteiger partial charge in [0.15, 0.2) is 5.76 Å². The third-order valence-electron chi connectivity index (χ3n) is 4.26. The molecule has 0 aliphatic heterocycles. The van der Waals surface area contributed by atoms with Gasteiger partial charge in [-0.05, 0) is 35.9 Å². The smallest absolute Gasteiger partial charge is 0.300 e. The van der Waals surface area contributed by atoms with Crippen LogP contribution in [0.5, 0.6) is 0 Å². The Kier molecular flexibility index (Phi) is 6.69. The van der Waals surface area contributed by atoms with Crippen molar-refractivity contribution in [2.75, 3.05) is 6.54 Å². The van der Waals surface area contributed by atoms with Crippen LogP contribution in [-0.4, -0.2) is 32.7 Å². The largest absolute Gasteiger partial charge is 0.451 e. The highest BCUT2D eigenvalue weighted by molar-refractivity contribution is 7.90. The van der Waals surface area contributed by atoms with Gasteiger partial charge < -0.3 is 15.1 Å². The molecule has 11 heteroatoms. The second-order valence-electron chi connectivity index (χ2n) is 6.55. The Morgan fingerprint density at radius 1 is 1.06 bits per heavy atom. The lowest BCUT2D eigenvalue weighted by atomic mass is 10.1. The van der Waals surface area contributed by atoms with Gasteiger partial charge in [-0.2, -0.15) is 0 Å². The fraction of sp³-hybridized carbons (Fsp3) is 0.0952. The van der Waals surface area contributed by atoms with Crippen molar-refractivity contribution in [3.63, 3.8) is 0 Å². The van der Waals surface area contributed by atoms with Crippen LogP contribution in [0.4, 0.5) is 4.39 Å². The maximum atomic E-state index is 13.8. The predicted octanol–water partition coefficient (Wildman–Crippen LogP) is 1.61. The van der Waals surface area contributed by atoms with E-state index in [1.54, 1.807) is 22.9 Å². The number of fused-ring (bicyclic) bond motifs is 1. The van der Waals surface area contributed by atoms with Gasteiger partial charge in [0.05, 0.1) is 6.54 Å². The summed E-state index contributed by atoms with van der Waals surface area (Å²) in [7, 11) is -4.43. The summed E-state index contributed by atoms with van der Waals surface area (Å²) in [6.07, 6.45) is 1.05. The highest BCUT2D eigenvalue weighted by Gasteiger charge is 2.24. The molecule has 0 spiro atoms. The van der Waals surface area contributed by atoms with Crippen LogP contribution in [0.3, 0.4) is 0 Å². The Hall–Kier alpha value is -3.99. The van der Waals surface area contributed by atoms with E-state index in [-0.39, 0.29) is 24.4 Å². The number of sulfonamides is 1. The Labute approximate surface area is 182 Å². The Morgan fingerprint density at radius 2 is 1.81 bits per heavy atom. The molecule has 2 aromatic carbocycles. The number of furan rings is 1. The number of amides is 3. The van der Waals surface area contributed by atoms with E-state index in [0.717, 1.165) is 18.2 Å². The van der Waals surface area contributed by atoms with E-state index in [2.05, 4.69) is 17.2 Å². The molecule has 9 nitrogen and oxygen atoms in total. The topological polar surface area (TPSA) is 135 Å². The summed E-state index contributed by atoms with van der Waals surface area (Å²) in [6, 6.07) is 10.9. The molecule has 0 saturated heterocycles. The average molecular weight is 459 g/mol. The lowest BCUT2D eigenvalue weighted by Crippen LogP contribution is -2.35. The van der Waals surface area contributed by atoms with Gasteiger partial charge in [-0.1, -0.05) is 30.8 Å². The zero-order chi connectivity index (χ0) is 23.3. The summed E-state index contributed by atoms with van der Waals surface area (Å²) in [5.41, 5.74) is 0.923. The summed E-state index contributed by atoms with van der Waals surface area (Å²) in [6.45, 7) is 3.20. The highest BCUT2D eigenvalue weighted by Crippen LogP contribution is 2.22. The normalized spacial score (nSPS) is 11.0. The Bertz CT molecular complexity index is 1320. The van der Waals surface area contributed by atoms with E-state index in [0.29, 0.717) is 10.9 Å². The molecule has 3 aromatic rings. The van der Waals surface area contributed by atoms with E-state index in [9.17, 15) is 27.2 Å². The molecule has 3 N–H and O–H groups in total. The first kappa shape index (κ1) is 22.7. The molecule has 0 aliphatic rings. The minimum absolute atomic E-state index is 0.128. The molecule has 0 saturated carbocycles. The van der Waals surface area contributed by atoms with Crippen molar-refractivity contribution in [3.05, 3.63) is 78.3 Å². The van der Waals surface area contributed by atoms with Gasteiger partial charge in [-0.15, -0.1) is 0 Å². The number of carbonyl (C=O) groups excluding carboxylic acids is 3. The predicted molar refractivity (Wildman–Crippen MR) is 112 cm³/mol. The van der Waals surface area contributed by atoms with Crippen molar-refractivity contribution in [2.45, 2.75) is 11.4 Å². The number of carbonyl (C=O) groups is 3. The molecule has 0 atom stereocenters. The minimum atomic E-state index is -4.43. The van der Waals surface area contributed by atoms with Crippen molar-refractivity contribution in [1.82, 2.24) is 15.4 Å². The number of nitrogens with one attached hydrogen (secondary N) is 3. The fourth-order valence-corrected chi connectivity index (χ4v) is 3.73. The molecule has 3 amide bonds. The molecule has 0 radical (unpaired) electrons. The van der Waals surface area contributed by atoms with Crippen molar-refractivity contribution < 1.29 is 31.6 Å². The molecule has 0 fully saturated rings. The van der Waals surface area contributed by atoms with Gasteiger partial charge in [-0.3, -0.25) is 14.4 Å². The third kappa shape index (κ3) is 5.38. The lowest BCUT2D eigenvalue weighted by Gasteiger charge is -2.06. The monoisotopic (exact) mass is 459 g/mol. The van der Waals surface area contributed by atoms with E-state index >= 15 is 0 Å². The minimum Gasteiger partial charge on any atom is -0.451 e. The first-order valence-electron chi connectivity index (χ1n) is 9.21. The highest BCUT2D eigenvalue weighted by atomic mass is 32.2. The molecule has 166 valence electrons. The van der Waals surface area contributed by atoms with Crippen molar-refractivity contribution in [1.29, 1.82) is 0 Å². The molecule has 0 bridgehead atoms. The summed E-state index contributed by atoms with van der Waals surface area (Å²) in [5.74, 6) is -3.23. The number of hydrogen-bond donors (Lipinski definition) is 3. The number of benzene rings is 2. The quantitative estimate of drug-likeness (QED) is 0.438. The van der Waals surface area contributed by atoms with Crippen LogP contribution >= 0.6 is 0 Å². The number of rotatable bonds is 8. The summed E-state index contributed by atoms with van der Waals surface area (Å²) in [4.78, 5) is 34.5. The molecular formula is C21H18FN3O6S. The van der Waals surface area contributed by atoms with Crippen molar-refractivity contribution in [2.24, 2.45) is 0 Å². The average Bonchev–Trinajstić information content (AvgIpc) is 3.19. The van der Waals surface area contributed by atoms with Crippen LogP contribution in [0.15, 0.2) is 70.5 Å². The fourth-order valence-electron chi connectivity index (χ4n) is 2.69. The second kappa shape index (κ2) is 9.43. The zero-order valence-electron chi connectivity index (χ0n) is 16.6. The summed E-state index contributed by atoms with van der Waals surface area (Å²) >= 11 is 0. The van der Waals surface area contributed by atoms with Gasteiger partial charge in [0.1, 0.15) is 16.3 Å². The standard InChI is InChI=1S/C21H18FN3O6S/c1-2-19(26)24-12-20(27)23-11-13-7-8-14-10-17(31-16(14)9-13)21(28)25-32(29,30)18-6-4-3-5-15(18)22/h2-10H,1,11-12H2,(H,23,27)(H,24,26)(H,25,28). The number of hydrogen-bond acceptors (Lipinski definition) is 6. The van der Waals surface area contributed by atoms with E-state index in [1.807, 2.05) is 0 Å². The van der Waals surface area contributed by atoms with E-state index < -0.39 is 38.5 Å². The summed E-state index contributed by atoms with van der Waals surface area (Å²) in [5, 5.41) is 5.47. The molecule has 32 heavy (non-hydrogen) atoms. The lowest BCUT2D eigenvalue weighted by molar-refractivity contribution is -0.124. The molecule has 1 aromatic heterocycles. The maximum absolute atomic E-state index is 13.8. The molecule has 1 heterocycles. The van der Waals surface area contributed by atoms with Crippen LogP contribution in [0.2, 0.25) is 0 Å². The van der Waals surface area contributed by atoms with Crippen molar-refractivity contribution >= 4 is 38.7 Å². The van der Waals surface area contributed by atoms with Gasteiger partial charge >= 0.3 is 5.91 Å². The zero-order valence-corrected chi connectivity index (χ0v) is 17.4. The van der Waals surface area contributed by atoms with Gasteiger partial charge in [0, 0.05) is 11.9 Å². The van der Waals surface area contributed by atoms with Crippen LogP contribution in [0, 0.1) is 5.82 Å².